The number of benzene rings is 1. The third-order valence-electron chi connectivity index (χ3n) is 3.05. The Morgan fingerprint density at radius 1 is 1.42 bits per heavy atom. The van der Waals surface area contributed by atoms with Gasteiger partial charge in [0.15, 0.2) is 6.61 Å². The van der Waals surface area contributed by atoms with Crippen molar-refractivity contribution in [1.82, 2.24) is 5.32 Å². The molecule has 0 aliphatic rings. The van der Waals surface area contributed by atoms with E-state index in [2.05, 4.69) is 21.2 Å². The van der Waals surface area contributed by atoms with Crippen molar-refractivity contribution in [2.75, 3.05) is 6.61 Å². The lowest BCUT2D eigenvalue weighted by Gasteiger charge is -2.11. The van der Waals surface area contributed by atoms with Gasteiger partial charge in [-0.25, -0.2) is 9.18 Å². The topological polar surface area (TPSA) is 55.4 Å². The standard InChI is InChI=1S/C17H15BrFNO3S/c1-11(15-3-2-8-24-15)20-16(21)10-23-17(22)7-4-12-9-13(18)5-6-14(12)19/h2-9,11H,10H2,1H3,(H,20,21)/b7-4+. The van der Waals surface area contributed by atoms with E-state index in [1.807, 2.05) is 24.4 Å². The average molecular weight is 412 g/mol. The minimum Gasteiger partial charge on any atom is -0.452 e. The number of ether oxygens (including phenoxy) is 1. The molecule has 2 aromatic rings. The summed E-state index contributed by atoms with van der Waals surface area (Å²) in [4.78, 5) is 24.4. The van der Waals surface area contributed by atoms with Crippen LogP contribution in [0.2, 0.25) is 0 Å². The molecular formula is C17H15BrFNO3S. The fourth-order valence-corrected chi connectivity index (χ4v) is 2.99. The van der Waals surface area contributed by atoms with Gasteiger partial charge in [-0.05, 0) is 42.6 Å². The quantitative estimate of drug-likeness (QED) is 0.575. The lowest BCUT2D eigenvalue weighted by molar-refractivity contribution is -0.144. The number of halogens is 2. The maximum Gasteiger partial charge on any atom is 0.331 e. The summed E-state index contributed by atoms with van der Waals surface area (Å²) in [6.07, 6.45) is 2.38. The summed E-state index contributed by atoms with van der Waals surface area (Å²) in [5.41, 5.74) is 0.247. The molecule has 1 aromatic carbocycles. The Bertz CT molecular complexity index is 746. The Morgan fingerprint density at radius 3 is 2.92 bits per heavy atom. The summed E-state index contributed by atoms with van der Waals surface area (Å²) < 4.78 is 19.1. The number of hydrogen-bond acceptors (Lipinski definition) is 4. The van der Waals surface area contributed by atoms with Crippen LogP contribution in [0, 0.1) is 5.82 Å². The SMILES string of the molecule is CC(NC(=O)COC(=O)/C=C/c1cc(Br)ccc1F)c1cccs1. The monoisotopic (exact) mass is 411 g/mol. The van der Waals surface area contributed by atoms with E-state index in [1.54, 1.807) is 6.07 Å². The molecule has 1 N–H and O–H groups in total. The second-order valence-corrected chi connectivity index (χ2v) is 6.81. The Morgan fingerprint density at radius 2 is 2.21 bits per heavy atom. The zero-order valence-corrected chi connectivity index (χ0v) is 15.2. The van der Waals surface area contributed by atoms with Crippen LogP contribution in [0.4, 0.5) is 4.39 Å². The van der Waals surface area contributed by atoms with Crippen molar-refractivity contribution in [3.05, 3.63) is 62.5 Å². The van der Waals surface area contributed by atoms with E-state index in [9.17, 15) is 14.0 Å². The summed E-state index contributed by atoms with van der Waals surface area (Å²) in [5, 5.41) is 4.65. The van der Waals surface area contributed by atoms with Crippen LogP contribution in [-0.4, -0.2) is 18.5 Å². The molecule has 1 amide bonds. The van der Waals surface area contributed by atoms with Crippen LogP contribution in [0.5, 0.6) is 0 Å². The molecule has 1 aromatic heterocycles. The first-order valence-electron chi connectivity index (χ1n) is 7.08. The number of carbonyl (C=O) groups is 2. The van der Waals surface area contributed by atoms with Crippen molar-refractivity contribution in [2.45, 2.75) is 13.0 Å². The van der Waals surface area contributed by atoms with E-state index in [0.717, 1.165) is 11.0 Å². The minimum atomic E-state index is -0.715. The van der Waals surface area contributed by atoms with Crippen molar-refractivity contribution < 1.29 is 18.7 Å². The van der Waals surface area contributed by atoms with Gasteiger partial charge in [-0.15, -0.1) is 11.3 Å². The number of esters is 1. The molecule has 0 bridgehead atoms. The number of carbonyl (C=O) groups excluding carboxylic acids is 2. The highest BCUT2D eigenvalue weighted by atomic mass is 79.9. The van der Waals surface area contributed by atoms with Crippen molar-refractivity contribution in [3.8, 4) is 0 Å². The largest absolute Gasteiger partial charge is 0.452 e. The predicted molar refractivity (Wildman–Crippen MR) is 95.0 cm³/mol. The molecule has 2 rings (SSSR count). The molecule has 0 fully saturated rings. The van der Waals surface area contributed by atoms with E-state index >= 15 is 0 Å². The molecule has 0 saturated carbocycles. The first-order chi connectivity index (χ1) is 11.5. The van der Waals surface area contributed by atoms with Gasteiger partial charge in [0, 0.05) is 21.0 Å². The van der Waals surface area contributed by atoms with Crippen LogP contribution in [-0.2, 0) is 14.3 Å². The first-order valence-corrected chi connectivity index (χ1v) is 8.75. The fraction of sp³-hybridized carbons (Fsp3) is 0.176. The molecule has 1 heterocycles. The van der Waals surface area contributed by atoms with Gasteiger partial charge in [-0.2, -0.15) is 0 Å². The van der Waals surface area contributed by atoms with Crippen LogP contribution in [0.1, 0.15) is 23.4 Å². The maximum atomic E-state index is 13.5. The summed E-state index contributed by atoms with van der Waals surface area (Å²) in [6, 6.07) is 8.04. The smallest absolute Gasteiger partial charge is 0.331 e. The van der Waals surface area contributed by atoms with Crippen LogP contribution < -0.4 is 5.32 Å². The molecule has 4 nitrogen and oxygen atoms in total. The van der Waals surface area contributed by atoms with Gasteiger partial charge in [0.25, 0.3) is 5.91 Å². The lowest BCUT2D eigenvalue weighted by atomic mass is 10.2. The molecule has 0 spiro atoms. The van der Waals surface area contributed by atoms with Gasteiger partial charge < -0.3 is 10.1 Å². The second-order valence-electron chi connectivity index (χ2n) is 4.91. The van der Waals surface area contributed by atoms with Gasteiger partial charge >= 0.3 is 5.97 Å². The molecule has 0 aliphatic heterocycles. The van der Waals surface area contributed by atoms with Crippen molar-refractivity contribution in [1.29, 1.82) is 0 Å². The third-order valence-corrected chi connectivity index (χ3v) is 4.60. The van der Waals surface area contributed by atoms with Crippen LogP contribution in [0.25, 0.3) is 6.08 Å². The molecule has 7 heteroatoms. The highest BCUT2D eigenvalue weighted by molar-refractivity contribution is 9.10. The molecule has 1 unspecified atom stereocenters. The van der Waals surface area contributed by atoms with Gasteiger partial charge in [-0.3, -0.25) is 4.79 Å². The van der Waals surface area contributed by atoms with E-state index in [4.69, 9.17) is 4.74 Å². The third kappa shape index (κ3) is 5.58. The molecule has 1 atom stereocenters. The molecule has 0 aliphatic carbocycles. The number of hydrogen-bond donors (Lipinski definition) is 1. The predicted octanol–water partition coefficient (Wildman–Crippen LogP) is 4.08. The zero-order valence-electron chi connectivity index (χ0n) is 12.8. The summed E-state index contributed by atoms with van der Waals surface area (Å²) >= 11 is 4.76. The molecular weight excluding hydrogens is 397 g/mol. The molecule has 0 radical (unpaired) electrons. The highest BCUT2D eigenvalue weighted by Crippen LogP contribution is 2.18. The maximum absolute atomic E-state index is 13.5. The van der Waals surface area contributed by atoms with Gasteiger partial charge in [0.2, 0.25) is 0 Å². The number of nitrogens with one attached hydrogen (secondary N) is 1. The number of amides is 1. The van der Waals surface area contributed by atoms with Crippen LogP contribution in [0.3, 0.4) is 0 Å². The normalized spacial score (nSPS) is 12.1. The van der Waals surface area contributed by atoms with E-state index < -0.39 is 17.7 Å². The molecule has 126 valence electrons. The lowest BCUT2D eigenvalue weighted by Crippen LogP contribution is -2.30. The Hall–Kier alpha value is -1.99. The van der Waals surface area contributed by atoms with Gasteiger partial charge in [0.05, 0.1) is 6.04 Å². The Kier molecular flexibility index (Phi) is 6.69. The Balaban J connectivity index is 1.81. The second kappa shape index (κ2) is 8.75. The van der Waals surface area contributed by atoms with Gasteiger partial charge in [-0.1, -0.05) is 22.0 Å². The fourth-order valence-electron chi connectivity index (χ4n) is 1.88. The average Bonchev–Trinajstić information content (AvgIpc) is 3.08. The molecule has 0 saturated heterocycles. The molecule has 24 heavy (non-hydrogen) atoms. The number of thiophene rings is 1. The van der Waals surface area contributed by atoms with Gasteiger partial charge in [0.1, 0.15) is 5.82 Å². The summed E-state index contributed by atoms with van der Waals surface area (Å²) in [6.45, 7) is 1.46. The first kappa shape index (κ1) is 18.4. The van der Waals surface area contributed by atoms with Crippen LogP contribution >= 0.6 is 27.3 Å². The highest BCUT2D eigenvalue weighted by Gasteiger charge is 2.11. The van der Waals surface area contributed by atoms with E-state index in [-0.39, 0.29) is 18.2 Å². The van der Waals surface area contributed by atoms with E-state index in [1.165, 1.54) is 29.5 Å². The summed E-state index contributed by atoms with van der Waals surface area (Å²) in [5.74, 6) is -1.57. The van der Waals surface area contributed by atoms with E-state index in [0.29, 0.717) is 4.47 Å². The van der Waals surface area contributed by atoms with Crippen molar-refractivity contribution in [2.24, 2.45) is 0 Å². The number of rotatable bonds is 6. The van der Waals surface area contributed by atoms with Crippen LogP contribution in [0.15, 0.2) is 46.3 Å². The van der Waals surface area contributed by atoms with Crippen molar-refractivity contribution >= 4 is 45.2 Å². The summed E-state index contributed by atoms with van der Waals surface area (Å²) in [7, 11) is 0. The Labute approximate surface area is 151 Å². The zero-order chi connectivity index (χ0) is 17.5. The minimum absolute atomic E-state index is 0.150. The van der Waals surface area contributed by atoms with Crippen molar-refractivity contribution in [3.63, 3.8) is 0 Å².